The number of para-hydroxylation sites is 2. The largest absolute Gasteiger partial charge is 0.292 e. The Labute approximate surface area is 281 Å². The zero-order chi connectivity index (χ0) is 33.8. The van der Waals surface area contributed by atoms with Gasteiger partial charge in [0.2, 0.25) is 0 Å². The molecule has 0 atom stereocenters. The van der Waals surface area contributed by atoms with Gasteiger partial charge in [-0.25, -0.2) is 9.97 Å². The van der Waals surface area contributed by atoms with Crippen molar-refractivity contribution in [1.29, 1.82) is 0 Å². The molecule has 6 aromatic carbocycles. The minimum Gasteiger partial charge on any atom is -0.292 e. The van der Waals surface area contributed by atoms with Gasteiger partial charge in [0, 0.05) is 36.4 Å². The Morgan fingerprint density at radius 2 is 1.21 bits per heavy atom. The van der Waals surface area contributed by atoms with E-state index in [2.05, 4.69) is 108 Å². The first-order valence-electron chi connectivity index (χ1n) is 17.1. The average molecular weight is 623 g/mol. The molecule has 0 radical (unpaired) electrons. The van der Waals surface area contributed by atoms with E-state index in [4.69, 9.17) is 14.1 Å². The molecule has 0 aliphatic carbocycles. The van der Waals surface area contributed by atoms with Gasteiger partial charge in [0.1, 0.15) is 10.7 Å². The molecule has 9 rings (SSSR count). The van der Waals surface area contributed by atoms with E-state index in [0.29, 0.717) is 5.56 Å². The van der Waals surface area contributed by atoms with Gasteiger partial charge >= 0.3 is 0 Å². The van der Waals surface area contributed by atoms with Crippen LogP contribution in [0.3, 0.4) is 0 Å². The zero-order valence-electron chi connectivity index (χ0n) is 28.3. The summed E-state index contributed by atoms with van der Waals surface area (Å²) in [7, 11) is 0. The summed E-state index contributed by atoms with van der Waals surface area (Å²) in [5.41, 5.74) is 10.6. The van der Waals surface area contributed by atoms with Crippen molar-refractivity contribution in [3.8, 4) is 50.6 Å². The summed E-state index contributed by atoms with van der Waals surface area (Å²) >= 11 is 1.67. The normalized spacial score (nSPS) is 12.7. The quantitative estimate of drug-likeness (QED) is 0.191. The van der Waals surface area contributed by atoms with Gasteiger partial charge in [-0.3, -0.25) is 4.57 Å². The Hall–Kier alpha value is -5.84. The molecule has 0 aliphatic heterocycles. The van der Waals surface area contributed by atoms with Crippen LogP contribution in [0.2, 0.25) is 0 Å². The van der Waals surface area contributed by atoms with Crippen LogP contribution in [0.15, 0.2) is 158 Å². The highest BCUT2D eigenvalue weighted by atomic mass is 32.1. The number of hydrogen-bond donors (Lipinski definition) is 0. The van der Waals surface area contributed by atoms with Crippen LogP contribution in [-0.4, -0.2) is 14.5 Å². The summed E-state index contributed by atoms with van der Waals surface area (Å²) in [4.78, 5) is 11.4. The molecule has 0 spiro atoms. The first-order valence-corrected chi connectivity index (χ1v) is 16.4. The second-order valence-corrected chi connectivity index (χ2v) is 12.6. The highest BCUT2D eigenvalue weighted by Gasteiger charge is 2.22. The van der Waals surface area contributed by atoms with Crippen LogP contribution in [0.25, 0.3) is 81.9 Å². The fraction of sp³-hybridized carbons (Fsp3) is 0.0233. The molecule has 0 N–H and O–H groups in total. The van der Waals surface area contributed by atoms with Crippen LogP contribution in [0.5, 0.6) is 0 Å². The topological polar surface area (TPSA) is 30.7 Å². The molecular formula is C43H29N3S. The Morgan fingerprint density at radius 1 is 0.553 bits per heavy atom. The number of imidazole rings is 1. The maximum Gasteiger partial charge on any atom is 0.147 e. The number of aromatic nitrogens is 3. The summed E-state index contributed by atoms with van der Waals surface area (Å²) in [6.07, 6.45) is 0. The highest BCUT2D eigenvalue weighted by Crippen LogP contribution is 2.45. The summed E-state index contributed by atoms with van der Waals surface area (Å²) < 4.78 is 27.0. The van der Waals surface area contributed by atoms with E-state index < -0.39 is 6.85 Å². The summed E-state index contributed by atoms with van der Waals surface area (Å²) in [6, 6.07) is 53.3. The van der Waals surface area contributed by atoms with Gasteiger partial charge in [0.15, 0.2) is 0 Å². The minimum atomic E-state index is -2.16. The number of nitrogens with zero attached hydrogens (tertiary/aromatic N) is 3. The molecule has 0 unspecified atom stereocenters. The predicted octanol–water partition coefficient (Wildman–Crippen LogP) is 11.8. The lowest BCUT2D eigenvalue weighted by atomic mass is 9.96. The SMILES string of the molecule is [2H]C([2H])([2H])c1ccc(-c2ccc(-c3nc4ccccc4n3-c3ccc(-c4ccccc4)cc3)c3sc4nc(-c5ccccc5)ccc4c23)cc1. The maximum absolute atomic E-state index is 7.89. The number of aryl methyl sites for hydroxylation is 1. The lowest BCUT2D eigenvalue weighted by Crippen LogP contribution is -1.98. The van der Waals surface area contributed by atoms with Crippen molar-refractivity contribution in [2.75, 3.05) is 0 Å². The van der Waals surface area contributed by atoms with Crippen LogP contribution in [0.1, 0.15) is 9.68 Å². The van der Waals surface area contributed by atoms with Crippen LogP contribution < -0.4 is 0 Å². The molecule has 4 heteroatoms. The number of rotatable bonds is 5. The van der Waals surface area contributed by atoms with Crippen molar-refractivity contribution < 1.29 is 4.11 Å². The third-order valence-electron chi connectivity index (χ3n) is 8.79. The molecule has 9 aromatic rings. The van der Waals surface area contributed by atoms with Gasteiger partial charge in [-0.2, -0.15) is 0 Å². The Kier molecular flexibility index (Phi) is 5.81. The van der Waals surface area contributed by atoms with Crippen molar-refractivity contribution in [2.45, 2.75) is 6.85 Å². The third-order valence-corrected chi connectivity index (χ3v) is 9.92. The molecule has 3 heterocycles. The molecule has 0 amide bonds. The second-order valence-electron chi connectivity index (χ2n) is 11.6. The molecule has 0 bridgehead atoms. The van der Waals surface area contributed by atoms with E-state index in [9.17, 15) is 0 Å². The summed E-state index contributed by atoms with van der Waals surface area (Å²) in [6.45, 7) is -2.16. The van der Waals surface area contributed by atoms with Gasteiger partial charge in [-0.1, -0.05) is 121 Å². The summed E-state index contributed by atoms with van der Waals surface area (Å²) in [5.74, 6) is 0.850. The van der Waals surface area contributed by atoms with Gasteiger partial charge in [0.25, 0.3) is 0 Å². The lowest BCUT2D eigenvalue weighted by molar-refractivity contribution is 1.11. The molecule has 0 saturated heterocycles. The van der Waals surface area contributed by atoms with Crippen molar-refractivity contribution >= 4 is 42.7 Å². The van der Waals surface area contributed by atoms with E-state index in [1.54, 1.807) is 23.5 Å². The van der Waals surface area contributed by atoms with Crippen molar-refractivity contribution in [1.82, 2.24) is 14.5 Å². The van der Waals surface area contributed by atoms with E-state index in [0.717, 1.165) is 76.4 Å². The predicted molar refractivity (Wildman–Crippen MR) is 198 cm³/mol. The Morgan fingerprint density at radius 3 is 1.98 bits per heavy atom. The van der Waals surface area contributed by atoms with Gasteiger partial charge in [-0.15, -0.1) is 11.3 Å². The lowest BCUT2D eigenvalue weighted by Gasteiger charge is -2.13. The first-order chi connectivity index (χ1) is 24.4. The van der Waals surface area contributed by atoms with Crippen LogP contribution in [0, 0.1) is 6.85 Å². The molecule has 47 heavy (non-hydrogen) atoms. The van der Waals surface area contributed by atoms with Crippen molar-refractivity contribution in [3.05, 3.63) is 163 Å². The maximum atomic E-state index is 7.89. The fourth-order valence-corrected chi connectivity index (χ4v) is 7.71. The number of fused-ring (bicyclic) bond motifs is 4. The molecule has 3 aromatic heterocycles. The number of benzene rings is 6. The Bertz CT molecular complexity index is 2660. The van der Waals surface area contributed by atoms with Crippen molar-refractivity contribution in [2.24, 2.45) is 0 Å². The molecular weight excluding hydrogens is 591 g/mol. The molecule has 0 saturated carbocycles. The number of thiophene rings is 1. The van der Waals surface area contributed by atoms with E-state index in [-0.39, 0.29) is 0 Å². The Balaban J connectivity index is 1.28. The van der Waals surface area contributed by atoms with E-state index >= 15 is 0 Å². The molecule has 3 nitrogen and oxygen atoms in total. The average Bonchev–Trinajstić information content (AvgIpc) is 3.74. The number of hydrogen-bond acceptors (Lipinski definition) is 3. The minimum absolute atomic E-state index is 0.325. The monoisotopic (exact) mass is 622 g/mol. The molecule has 0 fully saturated rings. The smallest absolute Gasteiger partial charge is 0.147 e. The van der Waals surface area contributed by atoms with Crippen LogP contribution in [-0.2, 0) is 0 Å². The van der Waals surface area contributed by atoms with Crippen molar-refractivity contribution in [3.63, 3.8) is 0 Å². The number of pyridine rings is 1. The standard InChI is InChI=1S/C43H29N3S/c1-28-16-18-31(19-17-28)34-24-25-36(41-40(34)35-26-27-37(45-43(35)47-41)32-12-6-3-7-13-32)42-44-38-14-8-9-15-39(38)46(42)33-22-20-30(21-23-33)29-10-4-2-5-11-29/h2-27H,1H3/i1D3. The van der Waals surface area contributed by atoms with Crippen LogP contribution in [0.4, 0.5) is 0 Å². The van der Waals surface area contributed by atoms with Gasteiger partial charge < -0.3 is 0 Å². The van der Waals surface area contributed by atoms with Gasteiger partial charge in [-0.05, 0) is 71.6 Å². The van der Waals surface area contributed by atoms with E-state index in [1.165, 1.54) is 5.56 Å². The summed E-state index contributed by atoms with van der Waals surface area (Å²) in [5, 5.41) is 2.13. The highest BCUT2D eigenvalue weighted by molar-refractivity contribution is 7.26. The zero-order valence-corrected chi connectivity index (χ0v) is 26.1. The molecule has 0 aliphatic rings. The van der Waals surface area contributed by atoms with Crippen LogP contribution >= 0.6 is 11.3 Å². The van der Waals surface area contributed by atoms with Gasteiger partial charge in [0.05, 0.1) is 16.7 Å². The fourth-order valence-electron chi connectivity index (χ4n) is 6.50. The molecule has 222 valence electrons. The first kappa shape index (κ1) is 24.4. The van der Waals surface area contributed by atoms with E-state index in [1.807, 2.05) is 42.5 Å². The second kappa shape index (κ2) is 11.2. The third kappa shape index (κ3) is 4.73.